The van der Waals surface area contributed by atoms with Crippen LogP contribution in [0.25, 0.3) is 10.9 Å². The Hall–Kier alpha value is -2.10. The maximum atomic E-state index is 12.5. The first kappa shape index (κ1) is 18.7. The van der Waals surface area contributed by atoms with Gasteiger partial charge in [-0.2, -0.15) is 0 Å². The Morgan fingerprint density at radius 1 is 1.04 bits per heavy atom. The molecule has 4 heteroatoms. The smallest absolute Gasteiger partial charge is 0.189 e. The summed E-state index contributed by atoms with van der Waals surface area (Å²) in [6.45, 7) is 9.07. The van der Waals surface area contributed by atoms with Crippen LogP contribution in [0, 0.1) is 12.8 Å². The Labute approximate surface area is 159 Å². The highest BCUT2D eigenvalue weighted by atomic mass is 35.5. The number of hydrogen-bond acceptors (Lipinski definition) is 2. The molecule has 26 heavy (non-hydrogen) atoms. The van der Waals surface area contributed by atoms with Crippen LogP contribution in [-0.2, 0) is 13.1 Å². The molecule has 0 fully saturated rings. The molecule has 0 spiro atoms. The van der Waals surface area contributed by atoms with E-state index in [0.717, 1.165) is 24.3 Å². The van der Waals surface area contributed by atoms with Gasteiger partial charge < -0.3 is 4.98 Å². The summed E-state index contributed by atoms with van der Waals surface area (Å²) in [4.78, 5) is 18.2. The fourth-order valence-electron chi connectivity index (χ4n) is 3.25. The quantitative estimate of drug-likeness (QED) is 0.653. The van der Waals surface area contributed by atoms with Crippen molar-refractivity contribution < 1.29 is 0 Å². The van der Waals surface area contributed by atoms with Crippen molar-refractivity contribution in [3.8, 4) is 0 Å². The minimum Gasteiger partial charge on any atom is -0.357 e. The Kier molecular flexibility index (Phi) is 5.80. The third kappa shape index (κ3) is 4.75. The summed E-state index contributed by atoms with van der Waals surface area (Å²) < 4.78 is 0. The number of nitrogens with zero attached hydrogens (tertiary/aromatic N) is 1. The highest BCUT2D eigenvalue weighted by Gasteiger charge is 2.11. The molecule has 0 aliphatic rings. The number of fused-ring (bicyclic) bond motifs is 1. The number of halogens is 1. The second-order valence-corrected chi connectivity index (χ2v) is 7.83. The van der Waals surface area contributed by atoms with E-state index in [2.05, 4.69) is 54.9 Å². The van der Waals surface area contributed by atoms with E-state index in [4.69, 9.17) is 11.6 Å². The molecule has 1 heterocycles. The second kappa shape index (κ2) is 8.07. The lowest BCUT2D eigenvalue weighted by molar-refractivity contribution is 0.225. The molecule has 136 valence electrons. The van der Waals surface area contributed by atoms with Crippen LogP contribution in [0.15, 0.2) is 53.3 Å². The van der Waals surface area contributed by atoms with E-state index in [1.807, 2.05) is 12.1 Å². The molecular formula is C22H25ClN2O. The summed E-state index contributed by atoms with van der Waals surface area (Å²) in [6.07, 6.45) is 0. The molecule has 1 N–H and O–H groups in total. The molecule has 0 saturated carbocycles. The van der Waals surface area contributed by atoms with E-state index in [1.165, 1.54) is 11.1 Å². The molecule has 3 aromatic rings. The Bertz CT molecular complexity index is 945. The van der Waals surface area contributed by atoms with E-state index in [0.29, 0.717) is 22.9 Å². The zero-order chi connectivity index (χ0) is 18.7. The highest BCUT2D eigenvalue weighted by Crippen LogP contribution is 2.17. The van der Waals surface area contributed by atoms with Crippen molar-refractivity contribution in [1.29, 1.82) is 0 Å². The lowest BCUT2D eigenvalue weighted by Crippen LogP contribution is -2.28. The molecule has 0 bridgehead atoms. The van der Waals surface area contributed by atoms with Gasteiger partial charge in [0.2, 0.25) is 0 Å². The van der Waals surface area contributed by atoms with E-state index in [-0.39, 0.29) is 5.43 Å². The van der Waals surface area contributed by atoms with Gasteiger partial charge in [-0.3, -0.25) is 9.69 Å². The number of pyridine rings is 1. The van der Waals surface area contributed by atoms with Gasteiger partial charge in [-0.25, -0.2) is 0 Å². The third-order valence-electron chi connectivity index (χ3n) is 4.39. The third-order valence-corrected chi connectivity index (χ3v) is 4.63. The molecule has 0 amide bonds. The second-order valence-electron chi connectivity index (χ2n) is 7.40. The van der Waals surface area contributed by atoms with Crippen molar-refractivity contribution >= 4 is 22.5 Å². The molecule has 1 aromatic heterocycles. The molecule has 0 atom stereocenters. The van der Waals surface area contributed by atoms with Gasteiger partial charge in [0.1, 0.15) is 0 Å². The summed E-state index contributed by atoms with van der Waals surface area (Å²) in [6, 6.07) is 15.7. The molecule has 0 radical (unpaired) electrons. The van der Waals surface area contributed by atoms with E-state index < -0.39 is 0 Å². The molecule has 2 aromatic carbocycles. The van der Waals surface area contributed by atoms with Crippen LogP contribution >= 0.6 is 11.6 Å². The van der Waals surface area contributed by atoms with Crippen LogP contribution in [0.5, 0.6) is 0 Å². The lowest BCUT2D eigenvalue weighted by atomic mass is 10.1. The number of hydrogen-bond donors (Lipinski definition) is 1. The summed E-state index contributed by atoms with van der Waals surface area (Å²) in [5.74, 6) is 0.548. The SMILES string of the molecule is Cc1ccc(CN(Cc2cc(=O)c3cc(Cl)ccc3[nH]2)CC(C)C)cc1. The Balaban J connectivity index is 1.86. The van der Waals surface area contributed by atoms with Crippen LogP contribution in [-0.4, -0.2) is 16.4 Å². The molecule has 0 aliphatic carbocycles. The predicted octanol–water partition coefficient (Wildman–Crippen LogP) is 5.15. The van der Waals surface area contributed by atoms with Gasteiger partial charge in [-0.15, -0.1) is 0 Å². The zero-order valence-corrected chi connectivity index (χ0v) is 16.3. The molecule has 3 nitrogen and oxygen atoms in total. The maximum absolute atomic E-state index is 12.5. The van der Waals surface area contributed by atoms with Crippen molar-refractivity contribution in [2.24, 2.45) is 5.92 Å². The highest BCUT2D eigenvalue weighted by molar-refractivity contribution is 6.31. The minimum absolute atomic E-state index is 0.0103. The monoisotopic (exact) mass is 368 g/mol. The molecule has 0 saturated heterocycles. The van der Waals surface area contributed by atoms with Crippen molar-refractivity contribution in [1.82, 2.24) is 9.88 Å². The number of aryl methyl sites for hydroxylation is 1. The van der Waals surface area contributed by atoms with E-state index in [9.17, 15) is 4.79 Å². The van der Waals surface area contributed by atoms with Gasteiger partial charge in [0.05, 0.1) is 0 Å². The van der Waals surface area contributed by atoms with Gasteiger partial charge in [0.25, 0.3) is 0 Å². The van der Waals surface area contributed by atoms with Crippen LogP contribution < -0.4 is 5.43 Å². The van der Waals surface area contributed by atoms with Crippen molar-refractivity contribution in [2.75, 3.05) is 6.54 Å². The largest absolute Gasteiger partial charge is 0.357 e. The minimum atomic E-state index is 0.0103. The van der Waals surface area contributed by atoms with E-state index in [1.54, 1.807) is 12.1 Å². The molecular weight excluding hydrogens is 344 g/mol. The van der Waals surface area contributed by atoms with Gasteiger partial charge >= 0.3 is 0 Å². The fraction of sp³-hybridized carbons (Fsp3) is 0.318. The lowest BCUT2D eigenvalue weighted by Gasteiger charge is -2.24. The number of aromatic amines is 1. The zero-order valence-electron chi connectivity index (χ0n) is 15.6. The number of H-pyrrole nitrogens is 1. The number of aromatic nitrogens is 1. The Morgan fingerprint density at radius 2 is 1.77 bits per heavy atom. The average Bonchev–Trinajstić information content (AvgIpc) is 2.57. The van der Waals surface area contributed by atoms with Gasteiger partial charge in [0.15, 0.2) is 5.43 Å². The van der Waals surface area contributed by atoms with Gasteiger partial charge in [-0.05, 0) is 36.6 Å². The van der Waals surface area contributed by atoms with Crippen molar-refractivity contribution in [2.45, 2.75) is 33.9 Å². The van der Waals surface area contributed by atoms with Crippen LogP contribution in [0.4, 0.5) is 0 Å². The van der Waals surface area contributed by atoms with Crippen molar-refractivity contribution in [3.05, 3.63) is 80.6 Å². The first-order valence-corrected chi connectivity index (χ1v) is 9.38. The van der Waals surface area contributed by atoms with Crippen LogP contribution in [0.2, 0.25) is 5.02 Å². The maximum Gasteiger partial charge on any atom is 0.189 e. The molecule has 3 rings (SSSR count). The molecule has 0 unspecified atom stereocenters. The summed E-state index contributed by atoms with van der Waals surface area (Å²) in [5.41, 5.74) is 4.32. The summed E-state index contributed by atoms with van der Waals surface area (Å²) in [7, 11) is 0. The first-order chi connectivity index (χ1) is 12.4. The van der Waals surface area contributed by atoms with Crippen LogP contribution in [0.1, 0.15) is 30.7 Å². The van der Waals surface area contributed by atoms with Gasteiger partial charge in [0, 0.05) is 47.3 Å². The van der Waals surface area contributed by atoms with Crippen molar-refractivity contribution in [3.63, 3.8) is 0 Å². The summed E-state index contributed by atoms with van der Waals surface area (Å²) in [5, 5.41) is 1.21. The van der Waals surface area contributed by atoms with Crippen LogP contribution in [0.3, 0.4) is 0 Å². The Morgan fingerprint density at radius 3 is 2.46 bits per heavy atom. The van der Waals surface area contributed by atoms with Gasteiger partial charge in [-0.1, -0.05) is 55.3 Å². The number of benzene rings is 2. The number of nitrogens with one attached hydrogen (secondary N) is 1. The van der Waals surface area contributed by atoms with E-state index >= 15 is 0 Å². The number of rotatable bonds is 6. The standard InChI is InChI=1S/C22H25ClN2O/c1-15(2)12-25(13-17-6-4-16(3)5-7-17)14-19-11-22(26)20-10-18(23)8-9-21(20)24-19/h4-11,15H,12-14H2,1-3H3,(H,24,26). The summed E-state index contributed by atoms with van der Waals surface area (Å²) >= 11 is 6.01. The first-order valence-electron chi connectivity index (χ1n) is 9.00. The predicted molar refractivity (Wildman–Crippen MR) is 110 cm³/mol. The topological polar surface area (TPSA) is 36.1 Å². The molecule has 0 aliphatic heterocycles. The normalized spacial score (nSPS) is 11.6. The average molecular weight is 369 g/mol. The fourth-order valence-corrected chi connectivity index (χ4v) is 3.43.